The summed E-state index contributed by atoms with van der Waals surface area (Å²) in [6.07, 6.45) is 3.51. The lowest BCUT2D eigenvalue weighted by Crippen LogP contribution is -2.59. The number of hydrogen-bond acceptors (Lipinski definition) is 3. The molecule has 0 saturated carbocycles. The van der Waals surface area contributed by atoms with E-state index in [1.54, 1.807) is 17.3 Å². The van der Waals surface area contributed by atoms with E-state index in [1.807, 2.05) is 26.8 Å². The number of piperazine rings is 1. The smallest absolute Gasteiger partial charge is 0.243 e. The molecule has 19 heavy (non-hydrogen) atoms. The molecule has 0 spiro atoms. The van der Waals surface area contributed by atoms with Gasteiger partial charge in [-0.3, -0.25) is 14.6 Å². The molecule has 0 bridgehead atoms. The van der Waals surface area contributed by atoms with Gasteiger partial charge in [0.05, 0.1) is 6.54 Å². The van der Waals surface area contributed by atoms with Crippen LogP contribution in [0.3, 0.4) is 0 Å². The molecule has 102 valence electrons. The van der Waals surface area contributed by atoms with Crippen molar-refractivity contribution in [2.45, 2.75) is 33.4 Å². The second-order valence-corrected chi connectivity index (χ2v) is 5.30. The Morgan fingerprint density at radius 1 is 1.42 bits per heavy atom. The Morgan fingerprint density at radius 2 is 2.16 bits per heavy atom. The van der Waals surface area contributed by atoms with Crippen molar-refractivity contribution in [3.8, 4) is 0 Å². The lowest BCUT2D eigenvalue weighted by Gasteiger charge is -2.37. The van der Waals surface area contributed by atoms with Crippen LogP contribution in [0.1, 0.15) is 25.0 Å². The van der Waals surface area contributed by atoms with Gasteiger partial charge in [0, 0.05) is 18.9 Å². The number of aryl methyl sites for hydroxylation is 1. The molecule has 5 nitrogen and oxygen atoms in total. The Bertz CT molecular complexity index is 499. The molecular weight excluding hydrogens is 242 g/mol. The van der Waals surface area contributed by atoms with E-state index in [2.05, 4.69) is 10.3 Å². The van der Waals surface area contributed by atoms with E-state index in [9.17, 15) is 9.59 Å². The molecule has 1 aromatic heterocycles. The first-order valence-corrected chi connectivity index (χ1v) is 6.46. The number of aromatic nitrogens is 1. The summed E-state index contributed by atoms with van der Waals surface area (Å²) in [6, 6.07) is 1.59. The molecule has 0 aliphatic carbocycles. The van der Waals surface area contributed by atoms with Crippen LogP contribution in [0.5, 0.6) is 0 Å². The van der Waals surface area contributed by atoms with Gasteiger partial charge < -0.3 is 10.2 Å². The molecule has 1 aliphatic rings. The molecule has 2 amide bonds. The Labute approximate surface area is 113 Å². The largest absolute Gasteiger partial charge is 0.345 e. The topological polar surface area (TPSA) is 62.3 Å². The molecule has 1 aliphatic heterocycles. The number of nitrogens with zero attached hydrogens (tertiary/aromatic N) is 2. The minimum absolute atomic E-state index is 0.0418. The first kappa shape index (κ1) is 13.5. The van der Waals surface area contributed by atoms with Gasteiger partial charge in [-0.2, -0.15) is 0 Å². The quantitative estimate of drug-likeness (QED) is 0.878. The lowest BCUT2D eigenvalue weighted by molar-refractivity contribution is -0.148. The highest BCUT2D eigenvalue weighted by Gasteiger charge is 2.36. The first-order valence-electron chi connectivity index (χ1n) is 6.46. The maximum Gasteiger partial charge on any atom is 0.243 e. The average molecular weight is 261 g/mol. The molecule has 2 heterocycles. The van der Waals surface area contributed by atoms with Crippen LogP contribution >= 0.6 is 0 Å². The van der Waals surface area contributed by atoms with Crippen molar-refractivity contribution in [2.24, 2.45) is 5.92 Å². The summed E-state index contributed by atoms with van der Waals surface area (Å²) in [4.78, 5) is 29.7. The first-order chi connectivity index (χ1) is 8.99. The lowest BCUT2D eigenvalue weighted by atomic mass is 9.98. The van der Waals surface area contributed by atoms with Gasteiger partial charge in [0.2, 0.25) is 11.8 Å². The monoisotopic (exact) mass is 261 g/mol. The Kier molecular flexibility index (Phi) is 3.83. The van der Waals surface area contributed by atoms with E-state index in [0.29, 0.717) is 6.54 Å². The van der Waals surface area contributed by atoms with Gasteiger partial charge in [-0.25, -0.2) is 0 Å². The minimum atomic E-state index is -0.401. The van der Waals surface area contributed by atoms with Crippen LogP contribution in [-0.4, -0.2) is 34.3 Å². The van der Waals surface area contributed by atoms with Crippen molar-refractivity contribution in [3.05, 3.63) is 29.6 Å². The van der Waals surface area contributed by atoms with Crippen molar-refractivity contribution >= 4 is 11.8 Å². The number of carbonyl (C=O) groups excluding carboxylic acids is 2. The van der Waals surface area contributed by atoms with Crippen LogP contribution in [0.2, 0.25) is 0 Å². The van der Waals surface area contributed by atoms with Crippen molar-refractivity contribution < 1.29 is 9.59 Å². The maximum absolute atomic E-state index is 12.0. The second-order valence-electron chi connectivity index (χ2n) is 5.30. The van der Waals surface area contributed by atoms with Gasteiger partial charge in [-0.1, -0.05) is 19.9 Å². The molecule has 1 aromatic rings. The van der Waals surface area contributed by atoms with Crippen LogP contribution in [0.4, 0.5) is 0 Å². The molecule has 1 atom stereocenters. The average Bonchev–Trinajstić information content (AvgIpc) is 2.33. The van der Waals surface area contributed by atoms with Crippen molar-refractivity contribution in [2.75, 3.05) is 6.54 Å². The summed E-state index contributed by atoms with van der Waals surface area (Å²) in [5, 5.41) is 2.64. The summed E-state index contributed by atoms with van der Waals surface area (Å²) >= 11 is 0. The fraction of sp³-hybridized carbons (Fsp3) is 0.500. The van der Waals surface area contributed by atoms with Crippen LogP contribution in [0, 0.1) is 12.8 Å². The van der Waals surface area contributed by atoms with Gasteiger partial charge >= 0.3 is 0 Å². The summed E-state index contributed by atoms with van der Waals surface area (Å²) < 4.78 is 0. The number of amides is 2. The van der Waals surface area contributed by atoms with Gasteiger partial charge in [0.15, 0.2) is 0 Å². The predicted molar refractivity (Wildman–Crippen MR) is 71.2 cm³/mol. The molecule has 2 rings (SSSR count). The summed E-state index contributed by atoms with van der Waals surface area (Å²) in [6.45, 7) is 6.38. The molecule has 1 saturated heterocycles. The number of hydrogen-bond donors (Lipinski definition) is 1. The van der Waals surface area contributed by atoms with Crippen LogP contribution in [-0.2, 0) is 16.1 Å². The fourth-order valence-corrected chi connectivity index (χ4v) is 2.42. The van der Waals surface area contributed by atoms with Crippen LogP contribution in [0.25, 0.3) is 0 Å². The highest BCUT2D eigenvalue weighted by Crippen LogP contribution is 2.18. The van der Waals surface area contributed by atoms with E-state index < -0.39 is 6.04 Å². The molecule has 1 N–H and O–H groups in total. The normalized spacial score (nSPS) is 19.8. The van der Waals surface area contributed by atoms with Gasteiger partial charge in [-0.05, 0) is 24.0 Å². The number of carbonyl (C=O) groups is 2. The van der Waals surface area contributed by atoms with Gasteiger partial charge in [0.1, 0.15) is 6.04 Å². The van der Waals surface area contributed by atoms with E-state index in [-0.39, 0.29) is 24.3 Å². The SMILES string of the molecule is Cc1cncc(CN2C(=O)CNC(=O)C2C(C)C)c1. The van der Waals surface area contributed by atoms with Crippen molar-refractivity contribution in [1.29, 1.82) is 0 Å². The highest BCUT2D eigenvalue weighted by atomic mass is 16.2. The van der Waals surface area contributed by atoms with Crippen molar-refractivity contribution in [3.63, 3.8) is 0 Å². The summed E-state index contributed by atoms with van der Waals surface area (Å²) in [7, 11) is 0. The third-order valence-electron chi connectivity index (χ3n) is 3.25. The fourth-order valence-electron chi connectivity index (χ4n) is 2.42. The molecule has 1 unspecified atom stereocenters. The van der Waals surface area contributed by atoms with Crippen LogP contribution in [0.15, 0.2) is 18.5 Å². The third-order valence-corrected chi connectivity index (χ3v) is 3.25. The third kappa shape index (κ3) is 2.92. The Hall–Kier alpha value is -1.91. The minimum Gasteiger partial charge on any atom is -0.345 e. The molecule has 0 radical (unpaired) electrons. The molecule has 5 heteroatoms. The molecule has 0 aromatic carbocycles. The van der Waals surface area contributed by atoms with E-state index in [0.717, 1.165) is 11.1 Å². The zero-order valence-electron chi connectivity index (χ0n) is 11.5. The zero-order chi connectivity index (χ0) is 14.0. The van der Waals surface area contributed by atoms with Crippen LogP contribution < -0.4 is 5.32 Å². The summed E-state index contributed by atoms with van der Waals surface area (Å²) in [5.74, 6) is -0.0305. The number of nitrogens with one attached hydrogen (secondary N) is 1. The van der Waals surface area contributed by atoms with Gasteiger partial charge in [-0.15, -0.1) is 0 Å². The number of rotatable bonds is 3. The highest BCUT2D eigenvalue weighted by molar-refractivity contribution is 5.94. The standard InChI is InChI=1S/C14H19N3O2/c1-9(2)13-14(19)16-7-12(18)17(13)8-11-4-10(3)5-15-6-11/h4-6,9,13H,7-8H2,1-3H3,(H,16,19). The number of pyridine rings is 1. The molecular formula is C14H19N3O2. The Balaban J connectivity index is 2.23. The molecule has 1 fully saturated rings. The van der Waals surface area contributed by atoms with Crippen molar-refractivity contribution in [1.82, 2.24) is 15.2 Å². The zero-order valence-corrected chi connectivity index (χ0v) is 11.5. The predicted octanol–water partition coefficient (Wildman–Crippen LogP) is 0.873. The van der Waals surface area contributed by atoms with E-state index >= 15 is 0 Å². The second kappa shape index (κ2) is 5.38. The van der Waals surface area contributed by atoms with E-state index in [1.165, 1.54) is 0 Å². The van der Waals surface area contributed by atoms with Gasteiger partial charge in [0.25, 0.3) is 0 Å². The summed E-state index contributed by atoms with van der Waals surface area (Å²) in [5.41, 5.74) is 2.00. The maximum atomic E-state index is 12.0. The Morgan fingerprint density at radius 3 is 2.79 bits per heavy atom. The van der Waals surface area contributed by atoms with E-state index in [4.69, 9.17) is 0 Å².